The van der Waals surface area contributed by atoms with E-state index in [4.69, 9.17) is 4.74 Å². The average molecular weight is 270 g/mol. The van der Waals surface area contributed by atoms with Crippen LogP contribution in [0.4, 0.5) is 0 Å². The van der Waals surface area contributed by atoms with Gasteiger partial charge in [0.1, 0.15) is 5.75 Å². The summed E-state index contributed by atoms with van der Waals surface area (Å²) < 4.78 is 6.98. The van der Waals surface area contributed by atoms with E-state index >= 15 is 0 Å². The van der Waals surface area contributed by atoms with Gasteiger partial charge in [0.2, 0.25) is 0 Å². The minimum Gasteiger partial charge on any atom is -0.490 e. The van der Waals surface area contributed by atoms with Gasteiger partial charge in [-0.3, -0.25) is 0 Å². The first-order chi connectivity index (χ1) is 7.25. The Morgan fingerprint density at radius 3 is 2.73 bits per heavy atom. The van der Waals surface area contributed by atoms with E-state index in [1.54, 1.807) is 0 Å². The molecule has 0 spiro atoms. The summed E-state index contributed by atoms with van der Waals surface area (Å²) in [6.07, 6.45) is 1.51. The third kappa shape index (κ3) is 2.95. The molecular formula is C12H16BrNO. The highest BCUT2D eigenvalue weighted by molar-refractivity contribution is 9.10. The molecule has 1 aromatic carbocycles. The van der Waals surface area contributed by atoms with Crippen molar-refractivity contribution in [3.05, 3.63) is 28.7 Å². The van der Waals surface area contributed by atoms with Crippen LogP contribution in [0.1, 0.15) is 13.3 Å². The molecule has 2 nitrogen and oxygen atoms in total. The van der Waals surface area contributed by atoms with Crippen LogP contribution in [0.25, 0.3) is 0 Å². The summed E-state index contributed by atoms with van der Waals surface area (Å²) in [4.78, 5) is 0. The van der Waals surface area contributed by atoms with Gasteiger partial charge in [-0.15, -0.1) is 0 Å². The molecule has 3 heteroatoms. The summed E-state index contributed by atoms with van der Waals surface area (Å²) in [5, 5.41) is 3.36. The number of benzene rings is 1. The second-order valence-corrected chi connectivity index (χ2v) is 4.95. The Morgan fingerprint density at radius 2 is 2.13 bits per heavy atom. The zero-order valence-corrected chi connectivity index (χ0v) is 10.5. The largest absolute Gasteiger partial charge is 0.490 e. The van der Waals surface area contributed by atoms with Gasteiger partial charge in [-0.05, 0) is 44.2 Å². The third-order valence-corrected chi connectivity index (χ3v) is 3.43. The maximum absolute atomic E-state index is 5.89. The molecule has 1 N–H and O–H groups in total. The Bertz CT molecular complexity index is 306. The summed E-state index contributed by atoms with van der Waals surface area (Å²) in [6.45, 7) is 4.36. The summed E-state index contributed by atoms with van der Waals surface area (Å²) >= 11 is 3.41. The molecule has 1 aromatic rings. The molecule has 1 aliphatic heterocycles. The van der Waals surface area contributed by atoms with Crippen LogP contribution in [0, 0.1) is 5.92 Å². The van der Waals surface area contributed by atoms with Gasteiger partial charge in [0, 0.05) is 16.9 Å². The fourth-order valence-electron chi connectivity index (χ4n) is 1.90. The maximum atomic E-state index is 5.89. The fourth-order valence-corrected chi connectivity index (χ4v) is 2.17. The molecular weight excluding hydrogens is 254 g/mol. The summed E-state index contributed by atoms with van der Waals surface area (Å²) in [7, 11) is 0. The van der Waals surface area contributed by atoms with E-state index in [0.717, 1.165) is 23.3 Å². The Hall–Kier alpha value is -0.540. The monoisotopic (exact) mass is 269 g/mol. The van der Waals surface area contributed by atoms with Gasteiger partial charge < -0.3 is 10.1 Å². The van der Waals surface area contributed by atoms with E-state index in [-0.39, 0.29) is 0 Å². The Balaban J connectivity index is 1.92. The highest BCUT2D eigenvalue weighted by atomic mass is 79.9. The van der Waals surface area contributed by atoms with Crippen LogP contribution >= 0.6 is 15.9 Å². The predicted molar refractivity (Wildman–Crippen MR) is 65.2 cm³/mol. The maximum Gasteiger partial charge on any atom is 0.119 e. The molecule has 0 saturated carbocycles. The third-order valence-electron chi connectivity index (χ3n) is 2.90. The topological polar surface area (TPSA) is 21.3 Å². The van der Waals surface area contributed by atoms with Crippen molar-refractivity contribution in [1.29, 1.82) is 0 Å². The van der Waals surface area contributed by atoms with Crippen LogP contribution in [0.2, 0.25) is 0 Å². The van der Waals surface area contributed by atoms with Crippen LogP contribution in [-0.2, 0) is 0 Å². The van der Waals surface area contributed by atoms with Crippen LogP contribution in [0.15, 0.2) is 28.7 Å². The normalized spacial score (nSPS) is 22.7. The molecule has 15 heavy (non-hydrogen) atoms. The van der Waals surface area contributed by atoms with Gasteiger partial charge in [-0.1, -0.05) is 15.9 Å². The van der Waals surface area contributed by atoms with Crippen molar-refractivity contribution in [3.63, 3.8) is 0 Å². The molecule has 2 unspecified atom stereocenters. The molecule has 0 amide bonds. The molecule has 0 aliphatic carbocycles. The van der Waals surface area contributed by atoms with Crippen molar-refractivity contribution in [3.8, 4) is 5.75 Å². The molecule has 1 fully saturated rings. The smallest absolute Gasteiger partial charge is 0.119 e. The van der Waals surface area contributed by atoms with Crippen molar-refractivity contribution in [1.82, 2.24) is 5.32 Å². The van der Waals surface area contributed by atoms with E-state index in [1.165, 1.54) is 6.42 Å². The quantitative estimate of drug-likeness (QED) is 0.911. The van der Waals surface area contributed by atoms with Crippen LogP contribution in [-0.4, -0.2) is 19.2 Å². The van der Waals surface area contributed by atoms with Gasteiger partial charge in [0.15, 0.2) is 0 Å². The average Bonchev–Trinajstić information content (AvgIpc) is 2.74. The number of hydrogen-bond donors (Lipinski definition) is 1. The first-order valence-electron chi connectivity index (χ1n) is 5.38. The lowest BCUT2D eigenvalue weighted by Crippen LogP contribution is -2.25. The molecule has 1 saturated heterocycles. The van der Waals surface area contributed by atoms with Crippen LogP contribution < -0.4 is 10.1 Å². The first-order valence-corrected chi connectivity index (χ1v) is 6.18. The van der Waals surface area contributed by atoms with E-state index in [1.807, 2.05) is 24.3 Å². The molecule has 1 heterocycles. The number of halogens is 1. The lowest BCUT2D eigenvalue weighted by Gasteiger charge is -2.20. The minimum atomic E-state index is 0.293. The molecule has 2 atom stereocenters. The van der Waals surface area contributed by atoms with Crippen molar-refractivity contribution in [2.45, 2.75) is 19.4 Å². The van der Waals surface area contributed by atoms with Crippen LogP contribution in [0.5, 0.6) is 5.75 Å². The van der Waals surface area contributed by atoms with E-state index in [2.05, 4.69) is 28.2 Å². The second-order valence-electron chi connectivity index (χ2n) is 4.03. The van der Waals surface area contributed by atoms with E-state index < -0.39 is 0 Å². The molecule has 1 aliphatic rings. The Morgan fingerprint density at radius 1 is 1.40 bits per heavy atom. The zero-order chi connectivity index (χ0) is 10.7. The molecule has 2 rings (SSSR count). The van der Waals surface area contributed by atoms with E-state index in [9.17, 15) is 0 Å². The Labute approximate surface area is 99.1 Å². The van der Waals surface area contributed by atoms with Gasteiger partial charge >= 0.3 is 0 Å². The van der Waals surface area contributed by atoms with Crippen molar-refractivity contribution < 1.29 is 4.74 Å². The molecule has 82 valence electrons. The standard InChI is InChI=1S/C12H16BrNO/c1-9(10-6-7-14-8-10)15-12-4-2-11(13)3-5-12/h2-5,9-10,14H,6-8H2,1H3. The molecule has 0 bridgehead atoms. The number of rotatable bonds is 3. The lowest BCUT2D eigenvalue weighted by molar-refractivity contribution is 0.161. The van der Waals surface area contributed by atoms with E-state index in [0.29, 0.717) is 12.0 Å². The molecule has 0 radical (unpaired) electrons. The van der Waals surface area contributed by atoms with Crippen LogP contribution in [0.3, 0.4) is 0 Å². The van der Waals surface area contributed by atoms with Gasteiger partial charge in [-0.25, -0.2) is 0 Å². The second kappa shape index (κ2) is 4.99. The van der Waals surface area contributed by atoms with Gasteiger partial charge in [-0.2, -0.15) is 0 Å². The van der Waals surface area contributed by atoms with Gasteiger partial charge in [0.05, 0.1) is 6.10 Å². The summed E-state index contributed by atoms with van der Waals surface area (Å²) in [5.41, 5.74) is 0. The van der Waals surface area contributed by atoms with Gasteiger partial charge in [0.25, 0.3) is 0 Å². The number of ether oxygens (including phenoxy) is 1. The van der Waals surface area contributed by atoms with Crippen molar-refractivity contribution in [2.24, 2.45) is 5.92 Å². The van der Waals surface area contributed by atoms with Crippen molar-refractivity contribution >= 4 is 15.9 Å². The number of nitrogens with one attached hydrogen (secondary N) is 1. The lowest BCUT2D eigenvalue weighted by atomic mass is 10.0. The zero-order valence-electron chi connectivity index (χ0n) is 8.87. The highest BCUT2D eigenvalue weighted by Crippen LogP contribution is 2.21. The Kier molecular flexibility index (Phi) is 3.65. The fraction of sp³-hybridized carbons (Fsp3) is 0.500. The number of hydrogen-bond acceptors (Lipinski definition) is 2. The molecule has 0 aromatic heterocycles. The summed E-state index contributed by atoms with van der Waals surface area (Å²) in [5.74, 6) is 1.60. The first kappa shape index (κ1) is 11.0. The SMILES string of the molecule is CC(Oc1ccc(Br)cc1)C1CCNC1. The minimum absolute atomic E-state index is 0.293. The van der Waals surface area contributed by atoms with Crippen molar-refractivity contribution in [2.75, 3.05) is 13.1 Å². The summed E-state index contributed by atoms with van der Waals surface area (Å²) in [6, 6.07) is 8.02. The predicted octanol–water partition coefficient (Wildman–Crippen LogP) is 2.83. The highest BCUT2D eigenvalue weighted by Gasteiger charge is 2.22.